The first-order valence-electron chi connectivity index (χ1n) is 7.17. The lowest BCUT2D eigenvalue weighted by atomic mass is 10.2. The Balaban J connectivity index is 1.81. The molecule has 0 bridgehead atoms. The fraction of sp³-hybridized carbons (Fsp3) is 0.235. The smallest absolute Gasteiger partial charge is 0.347 e. The molecule has 0 fully saturated rings. The summed E-state index contributed by atoms with van der Waals surface area (Å²) < 4.78 is 10.4. The van der Waals surface area contributed by atoms with Crippen molar-refractivity contribution in [2.75, 3.05) is 11.9 Å². The minimum absolute atomic E-state index is 0.371. The molecular weight excluding hydrogens is 328 g/mol. The lowest BCUT2D eigenvalue weighted by Crippen LogP contribution is -2.29. The Hall–Kier alpha value is -2.85. The Labute approximate surface area is 143 Å². The molecule has 1 N–H and O–H groups in total. The Kier molecular flexibility index (Phi) is 5.93. The molecule has 0 aliphatic heterocycles. The Morgan fingerprint density at radius 3 is 2.88 bits per heavy atom. The average Bonchev–Trinajstić information content (AvgIpc) is 2.99. The van der Waals surface area contributed by atoms with Gasteiger partial charge in [-0.3, -0.25) is 4.79 Å². The molecule has 124 valence electrons. The van der Waals surface area contributed by atoms with Crippen molar-refractivity contribution in [2.45, 2.75) is 20.0 Å². The molecular formula is C17H16N2O4S. The maximum absolute atomic E-state index is 11.9. The van der Waals surface area contributed by atoms with Crippen LogP contribution in [-0.4, -0.2) is 24.6 Å². The van der Waals surface area contributed by atoms with Gasteiger partial charge in [0.2, 0.25) is 0 Å². The lowest BCUT2D eigenvalue weighted by molar-refractivity contribution is -0.153. The first-order valence-corrected chi connectivity index (χ1v) is 8.05. The van der Waals surface area contributed by atoms with Crippen LogP contribution in [0.5, 0.6) is 5.75 Å². The Morgan fingerprint density at radius 2 is 2.17 bits per heavy atom. The molecule has 6 nitrogen and oxygen atoms in total. The number of hydrogen-bond acceptors (Lipinski definition) is 6. The summed E-state index contributed by atoms with van der Waals surface area (Å²) in [6, 6.07) is 10.8. The fourth-order valence-electron chi connectivity index (χ4n) is 1.85. The number of thiophene rings is 1. The molecule has 0 saturated carbocycles. The molecule has 0 unspecified atom stereocenters. The van der Waals surface area contributed by atoms with Crippen molar-refractivity contribution < 1.29 is 19.1 Å². The van der Waals surface area contributed by atoms with Crippen LogP contribution in [0.2, 0.25) is 0 Å². The van der Waals surface area contributed by atoms with Crippen LogP contribution in [0.15, 0.2) is 35.7 Å². The summed E-state index contributed by atoms with van der Waals surface area (Å²) in [7, 11) is 0. The van der Waals surface area contributed by atoms with Gasteiger partial charge >= 0.3 is 5.97 Å². The van der Waals surface area contributed by atoms with Crippen molar-refractivity contribution >= 4 is 28.2 Å². The van der Waals surface area contributed by atoms with Gasteiger partial charge < -0.3 is 14.8 Å². The zero-order chi connectivity index (χ0) is 17.5. The first-order chi connectivity index (χ1) is 11.5. The van der Waals surface area contributed by atoms with E-state index in [1.165, 1.54) is 11.3 Å². The van der Waals surface area contributed by atoms with E-state index in [0.29, 0.717) is 16.3 Å². The van der Waals surface area contributed by atoms with Crippen molar-refractivity contribution in [3.8, 4) is 11.8 Å². The molecule has 1 atom stereocenters. The van der Waals surface area contributed by atoms with Gasteiger partial charge in [0.1, 0.15) is 16.8 Å². The van der Waals surface area contributed by atoms with E-state index in [9.17, 15) is 9.59 Å². The minimum atomic E-state index is -0.837. The monoisotopic (exact) mass is 344 g/mol. The number of benzene rings is 1. The predicted molar refractivity (Wildman–Crippen MR) is 89.9 cm³/mol. The van der Waals surface area contributed by atoms with E-state index in [-0.39, 0.29) is 0 Å². The van der Waals surface area contributed by atoms with E-state index in [2.05, 4.69) is 5.32 Å². The zero-order valence-corrected chi connectivity index (χ0v) is 14.1. The van der Waals surface area contributed by atoms with Gasteiger partial charge in [-0.15, -0.1) is 11.3 Å². The van der Waals surface area contributed by atoms with Crippen LogP contribution in [-0.2, 0) is 14.3 Å². The standard InChI is InChI=1S/C17H16N2O4S/c1-11-4-3-5-14(8-11)23-12(2)17(21)22-10-15(20)19-16-13(9-18)6-7-24-16/h3-8,12H,10H2,1-2H3,(H,19,20)/t12-/m0/s1. The molecule has 0 aliphatic carbocycles. The Morgan fingerprint density at radius 1 is 1.38 bits per heavy atom. The number of carbonyl (C=O) groups is 2. The van der Waals surface area contributed by atoms with Crippen LogP contribution in [0.1, 0.15) is 18.1 Å². The van der Waals surface area contributed by atoms with Crippen LogP contribution < -0.4 is 10.1 Å². The normalized spacial score (nSPS) is 11.2. The van der Waals surface area contributed by atoms with Crippen molar-refractivity contribution in [2.24, 2.45) is 0 Å². The van der Waals surface area contributed by atoms with Gasteiger partial charge in [0.25, 0.3) is 5.91 Å². The predicted octanol–water partition coefficient (Wildman–Crippen LogP) is 2.88. The number of anilines is 1. The maximum atomic E-state index is 11.9. The van der Waals surface area contributed by atoms with Gasteiger partial charge in [0.05, 0.1) is 5.56 Å². The van der Waals surface area contributed by atoms with Gasteiger partial charge in [0.15, 0.2) is 12.7 Å². The van der Waals surface area contributed by atoms with Gasteiger partial charge in [-0.25, -0.2) is 4.79 Å². The van der Waals surface area contributed by atoms with E-state index in [4.69, 9.17) is 14.7 Å². The third-order valence-electron chi connectivity index (χ3n) is 3.02. The molecule has 0 radical (unpaired) electrons. The van der Waals surface area contributed by atoms with Crippen LogP contribution in [0.25, 0.3) is 0 Å². The fourth-order valence-corrected chi connectivity index (χ4v) is 2.61. The highest BCUT2D eigenvalue weighted by molar-refractivity contribution is 7.14. The summed E-state index contributed by atoms with van der Waals surface area (Å²) in [5.41, 5.74) is 1.38. The molecule has 1 heterocycles. The number of rotatable bonds is 6. The third-order valence-corrected chi connectivity index (χ3v) is 3.85. The summed E-state index contributed by atoms with van der Waals surface area (Å²) >= 11 is 1.23. The third kappa shape index (κ3) is 4.83. The van der Waals surface area contributed by atoms with Crippen LogP contribution in [0, 0.1) is 18.3 Å². The first kappa shape index (κ1) is 17.5. The lowest BCUT2D eigenvalue weighted by Gasteiger charge is -2.14. The number of carbonyl (C=O) groups excluding carboxylic acids is 2. The highest BCUT2D eigenvalue weighted by Gasteiger charge is 2.18. The number of hydrogen-bond donors (Lipinski definition) is 1. The van der Waals surface area contributed by atoms with Crippen LogP contribution >= 0.6 is 11.3 Å². The molecule has 24 heavy (non-hydrogen) atoms. The summed E-state index contributed by atoms with van der Waals surface area (Å²) in [5.74, 6) is -0.593. The van der Waals surface area contributed by atoms with E-state index >= 15 is 0 Å². The number of esters is 1. The second kappa shape index (κ2) is 8.13. The number of aryl methyl sites for hydroxylation is 1. The average molecular weight is 344 g/mol. The summed E-state index contributed by atoms with van der Waals surface area (Å²) in [4.78, 5) is 23.7. The van der Waals surface area contributed by atoms with Gasteiger partial charge in [-0.1, -0.05) is 12.1 Å². The molecule has 2 aromatic rings. The molecule has 1 amide bonds. The molecule has 1 aromatic carbocycles. The SMILES string of the molecule is Cc1cccc(O[C@@H](C)C(=O)OCC(=O)Nc2sccc2C#N)c1. The summed E-state index contributed by atoms with van der Waals surface area (Å²) in [6.07, 6.45) is -0.837. The second-order valence-corrected chi connectivity index (χ2v) is 5.92. The molecule has 2 rings (SSSR count). The van der Waals surface area contributed by atoms with Crippen molar-refractivity contribution in [3.63, 3.8) is 0 Å². The van der Waals surface area contributed by atoms with E-state index in [0.717, 1.165) is 5.56 Å². The summed E-state index contributed by atoms with van der Waals surface area (Å²) in [6.45, 7) is 3.03. The van der Waals surface area contributed by atoms with E-state index in [1.54, 1.807) is 30.5 Å². The van der Waals surface area contributed by atoms with E-state index < -0.39 is 24.6 Å². The van der Waals surface area contributed by atoms with Crippen molar-refractivity contribution in [1.82, 2.24) is 0 Å². The highest BCUT2D eigenvalue weighted by Crippen LogP contribution is 2.21. The number of nitrogens with zero attached hydrogens (tertiary/aromatic N) is 1. The number of ether oxygens (including phenoxy) is 2. The molecule has 0 saturated heterocycles. The maximum Gasteiger partial charge on any atom is 0.347 e. The number of nitriles is 1. The van der Waals surface area contributed by atoms with Gasteiger partial charge in [-0.05, 0) is 43.0 Å². The quantitative estimate of drug-likeness (QED) is 0.814. The molecule has 0 aliphatic rings. The molecule has 0 spiro atoms. The minimum Gasteiger partial charge on any atom is -0.479 e. The van der Waals surface area contributed by atoms with Gasteiger partial charge in [-0.2, -0.15) is 5.26 Å². The highest BCUT2D eigenvalue weighted by atomic mass is 32.1. The second-order valence-electron chi connectivity index (χ2n) is 5.01. The zero-order valence-electron chi connectivity index (χ0n) is 13.2. The van der Waals surface area contributed by atoms with Gasteiger partial charge in [0, 0.05) is 0 Å². The topological polar surface area (TPSA) is 88.4 Å². The Bertz CT molecular complexity index is 779. The number of amides is 1. The molecule has 1 aromatic heterocycles. The molecule has 7 heteroatoms. The van der Waals surface area contributed by atoms with Crippen LogP contribution in [0.4, 0.5) is 5.00 Å². The van der Waals surface area contributed by atoms with E-state index in [1.807, 2.05) is 25.1 Å². The summed E-state index contributed by atoms with van der Waals surface area (Å²) in [5, 5.41) is 13.5. The van der Waals surface area contributed by atoms with Crippen molar-refractivity contribution in [3.05, 3.63) is 46.8 Å². The number of nitrogens with one attached hydrogen (secondary N) is 1. The van der Waals surface area contributed by atoms with Crippen LogP contribution in [0.3, 0.4) is 0 Å². The largest absolute Gasteiger partial charge is 0.479 e. The van der Waals surface area contributed by atoms with Crippen molar-refractivity contribution in [1.29, 1.82) is 5.26 Å².